The maximum absolute atomic E-state index is 3.54. The molecule has 0 aliphatic carbocycles. The van der Waals surface area contributed by atoms with Gasteiger partial charge in [0.1, 0.15) is 0 Å². The SMILES string of the molecule is CCC1=C(C2CNc3ccccc32)CCNC1. The van der Waals surface area contributed by atoms with E-state index in [9.17, 15) is 0 Å². The molecule has 2 nitrogen and oxygen atoms in total. The molecule has 0 bridgehead atoms. The lowest BCUT2D eigenvalue weighted by atomic mass is 9.85. The number of fused-ring (bicyclic) bond motifs is 1. The molecule has 1 atom stereocenters. The highest BCUT2D eigenvalue weighted by atomic mass is 14.9. The lowest BCUT2D eigenvalue weighted by Crippen LogP contribution is -2.27. The summed E-state index contributed by atoms with van der Waals surface area (Å²) < 4.78 is 0. The Kier molecular flexibility index (Phi) is 2.89. The fourth-order valence-corrected chi connectivity index (χ4v) is 3.12. The summed E-state index contributed by atoms with van der Waals surface area (Å²) in [7, 11) is 0. The highest BCUT2D eigenvalue weighted by molar-refractivity contribution is 5.60. The molecule has 1 unspecified atom stereocenters. The molecule has 0 saturated heterocycles. The number of nitrogens with one attached hydrogen (secondary N) is 2. The fourth-order valence-electron chi connectivity index (χ4n) is 3.12. The summed E-state index contributed by atoms with van der Waals surface area (Å²) in [4.78, 5) is 0. The molecule has 0 spiro atoms. The van der Waals surface area contributed by atoms with Gasteiger partial charge in [0.15, 0.2) is 0 Å². The number of hydrogen-bond acceptors (Lipinski definition) is 2. The lowest BCUT2D eigenvalue weighted by Gasteiger charge is -2.25. The van der Waals surface area contributed by atoms with Gasteiger partial charge in [-0.15, -0.1) is 0 Å². The van der Waals surface area contributed by atoms with Crippen molar-refractivity contribution in [3.05, 3.63) is 41.0 Å². The van der Waals surface area contributed by atoms with Crippen LogP contribution in [-0.2, 0) is 0 Å². The van der Waals surface area contributed by atoms with E-state index < -0.39 is 0 Å². The maximum atomic E-state index is 3.54. The molecule has 2 aliphatic rings. The van der Waals surface area contributed by atoms with Crippen molar-refractivity contribution in [3.63, 3.8) is 0 Å². The number of hydrogen-bond donors (Lipinski definition) is 2. The molecular formula is C15H20N2. The summed E-state index contributed by atoms with van der Waals surface area (Å²) >= 11 is 0. The Bertz CT molecular complexity index is 448. The highest BCUT2D eigenvalue weighted by Crippen LogP contribution is 2.39. The van der Waals surface area contributed by atoms with Crippen molar-refractivity contribution in [1.29, 1.82) is 0 Å². The van der Waals surface area contributed by atoms with E-state index in [0.29, 0.717) is 5.92 Å². The zero-order valence-electron chi connectivity index (χ0n) is 10.4. The average Bonchev–Trinajstić information content (AvgIpc) is 2.82. The Labute approximate surface area is 103 Å². The van der Waals surface area contributed by atoms with Crippen LogP contribution in [0.5, 0.6) is 0 Å². The van der Waals surface area contributed by atoms with Gasteiger partial charge in [-0.3, -0.25) is 0 Å². The van der Waals surface area contributed by atoms with Gasteiger partial charge < -0.3 is 10.6 Å². The molecule has 0 radical (unpaired) electrons. The predicted octanol–water partition coefficient (Wildman–Crippen LogP) is 2.90. The van der Waals surface area contributed by atoms with Gasteiger partial charge in [0.25, 0.3) is 0 Å². The molecule has 17 heavy (non-hydrogen) atoms. The van der Waals surface area contributed by atoms with Gasteiger partial charge in [-0.25, -0.2) is 0 Å². The van der Waals surface area contributed by atoms with E-state index in [4.69, 9.17) is 0 Å². The van der Waals surface area contributed by atoms with Crippen LogP contribution in [0.2, 0.25) is 0 Å². The van der Waals surface area contributed by atoms with Crippen molar-refractivity contribution in [2.24, 2.45) is 0 Å². The van der Waals surface area contributed by atoms with Crippen LogP contribution in [0, 0.1) is 0 Å². The highest BCUT2D eigenvalue weighted by Gasteiger charge is 2.27. The van der Waals surface area contributed by atoms with Crippen molar-refractivity contribution >= 4 is 5.69 Å². The molecule has 0 amide bonds. The zero-order chi connectivity index (χ0) is 11.7. The van der Waals surface area contributed by atoms with Crippen LogP contribution < -0.4 is 10.6 Å². The summed E-state index contributed by atoms with van der Waals surface area (Å²) in [6.07, 6.45) is 2.39. The normalized spacial score (nSPS) is 23.5. The van der Waals surface area contributed by atoms with Gasteiger partial charge in [-0.2, -0.15) is 0 Å². The topological polar surface area (TPSA) is 24.1 Å². The van der Waals surface area contributed by atoms with Crippen molar-refractivity contribution < 1.29 is 0 Å². The Morgan fingerprint density at radius 2 is 2.18 bits per heavy atom. The second kappa shape index (κ2) is 4.53. The van der Waals surface area contributed by atoms with Crippen LogP contribution in [0.15, 0.2) is 35.4 Å². The number of anilines is 1. The van der Waals surface area contributed by atoms with Gasteiger partial charge in [0.2, 0.25) is 0 Å². The summed E-state index contributed by atoms with van der Waals surface area (Å²) in [5.41, 5.74) is 6.14. The van der Waals surface area contributed by atoms with E-state index in [0.717, 1.165) is 19.6 Å². The van der Waals surface area contributed by atoms with E-state index in [2.05, 4.69) is 41.8 Å². The van der Waals surface area contributed by atoms with Gasteiger partial charge >= 0.3 is 0 Å². The standard InChI is InChI=1S/C15H20N2/c1-2-11-9-16-8-7-12(11)14-10-17-15-6-4-3-5-13(14)15/h3-6,14,16-17H,2,7-10H2,1H3. The Morgan fingerprint density at radius 1 is 1.29 bits per heavy atom. The molecule has 0 aromatic heterocycles. The van der Waals surface area contributed by atoms with E-state index in [1.165, 1.54) is 24.1 Å². The van der Waals surface area contributed by atoms with Gasteiger partial charge in [-0.1, -0.05) is 36.3 Å². The second-order valence-electron chi connectivity index (χ2n) is 4.93. The summed E-state index contributed by atoms with van der Waals surface area (Å²) in [6, 6.07) is 8.75. The molecule has 2 heterocycles. The van der Waals surface area contributed by atoms with E-state index in [1.54, 1.807) is 11.1 Å². The first-order valence-corrected chi connectivity index (χ1v) is 6.64. The third kappa shape index (κ3) is 1.87. The molecule has 0 saturated carbocycles. The molecule has 1 aromatic carbocycles. The maximum Gasteiger partial charge on any atom is 0.0379 e. The molecule has 3 rings (SSSR count). The van der Waals surface area contributed by atoms with E-state index in [-0.39, 0.29) is 0 Å². The monoisotopic (exact) mass is 228 g/mol. The van der Waals surface area contributed by atoms with Crippen molar-refractivity contribution in [1.82, 2.24) is 5.32 Å². The molecule has 2 aliphatic heterocycles. The average molecular weight is 228 g/mol. The van der Waals surface area contributed by atoms with Crippen LogP contribution >= 0.6 is 0 Å². The third-order valence-corrected chi connectivity index (χ3v) is 4.04. The van der Waals surface area contributed by atoms with Gasteiger partial charge in [-0.05, 0) is 31.0 Å². The molecular weight excluding hydrogens is 208 g/mol. The first kappa shape index (κ1) is 10.8. The van der Waals surface area contributed by atoms with E-state index >= 15 is 0 Å². The Morgan fingerprint density at radius 3 is 3.06 bits per heavy atom. The third-order valence-electron chi connectivity index (χ3n) is 4.04. The predicted molar refractivity (Wildman–Crippen MR) is 72.5 cm³/mol. The minimum absolute atomic E-state index is 0.614. The van der Waals surface area contributed by atoms with Crippen molar-refractivity contribution in [2.45, 2.75) is 25.7 Å². The zero-order valence-corrected chi connectivity index (χ0v) is 10.4. The van der Waals surface area contributed by atoms with Crippen molar-refractivity contribution in [3.8, 4) is 0 Å². The summed E-state index contributed by atoms with van der Waals surface area (Å²) in [5.74, 6) is 0.614. The molecule has 1 aromatic rings. The molecule has 0 fully saturated rings. The Hall–Kier alpha value is -1.28. The largest absolute Gasteiger partial charge is 0.384 e. The van der Waals surface area contributed by atoms with Crippen LogP contribution in [-0.4, -0.2) is 19.6 Å². The molecule has 90 valence electrons. The summed E-state index contributed by atoms with van der Waals surface area (Å²) in [6.45, 7) is 5.58. The van der Waals surface area contributed by atoms with Gasteiger partial charge in [0.05, 0.1) is 0 Å². The number of rotatable bonds is 2. The van der Waals surface area contributed by atoms with Crippen LogP contribution in [0.3, 0.4) is 0 Å². The minimum atomic E-state index is 0.614. The number of para-hydroxylation sites is 1. The quantitative estimate of drug-likeness (QED) is 0.761. The van der Waals surface area contributed by atoms with Crippen molar-refractivity contribution in [2.75, 3.05) is 25.0 Å². The van der Waals surface area contributed by atoms with Crippen LogP contribution in [0.4, 0.5) is 5.69 Å². The van der Waals surface area contributed by atoms with Crippen LogP contribution in [0.25, 0.3) is 0 Å². The number of benzene rings is 1. The Balaban J connectivity index is 1.98. The fraction of sp³-hybridized carbons (Fsp3) is 0.467. The van der Waals surface area contributed by atoms with Gasteiger partial charge in [0, 0.05) is 24.7 Å². The first-order valence-electron chi connectivity index (χ1n) is 6.64. The molecule has 2 N–H and O–H groups in total. The summed E-state index contributed by atoms with van der Waals surface area (Å²) in [5, 5.41) is 7.02. The first-order chi connectivity index (χ1) is 8.40. The minimum Gasteiger partial charge on any atom is -0.384 e. The molecule has 2 heteroatoms. The lowest BCUT2D eigenvalue weighted by molar-refractivity contribution is 0.624. The second-order valence-corrected chi connectivity index (χ2v) is 4.93. The smallest absolute Gasteiger partial charge is 0.0379 e. The van der Waals surface area contributed by atoms with E-state index in [1.807, 2.05) is 0 Å². The van der Waals surface area contributed by atoms with Crippen LogP contribution in [0.1, 0.15) is 31.2 Å².